The summed E-state index contributed by atoms with van der Waals surface area (Å²) in [5.41, 5.74) is 1.06. The van der Waals surface area contributed by atoms with E-state index < -0.39 is 6.04 Å². The molecule has 1 aromatic rings. The summed E-state index contributed by atoms with van der Waals surface area (Å²) in [6.45, 7) is 6.18. The molecule has 28 heavy (non-hydrogen) atoms. The molecule has 154 valence electrons. The van der Waals surface area contributed by atoms with E-state index in [4.69, 9.17) is 4.74 Å². The third kappa shape index (κ3) is 5.47. The van der Waals surface area contributed by atoms with E-state index in [1.54, 1.807) is 0 Å². The fraction of sp³-hybridized carbons (Fsp3) is 0.636. The highest BCUT2D eigenvalue weighted by Crippen LogP contribution is 2.23. The Morgan fingerprint density at radius 3 is 2.57 bits per heavy atom. The van der Waals surface area contributed by atoms with Crippen molar-refractivity contribution in [1.82, 2.24) is 15.1 Å². The van der Waals surface area contributed by atoms with Crippen molar-refractivity contribution in [2.24, 2.45) is 0 Å². The molecule has 2 amide bonds. The Kier molecular flexibility index (Phi) is 7.71. The number of rotatable bonds is 6. The molecule has 6 heteroatoms. The molecule has 1 atom stereocenters. The van der Waals surface area contributed by atoms with Gasteiger partial charge in [-0.05, 0) is 25.8 Å². The highest BCUT2D eigenvalue weighted by Gasteiger charge is 2.33. The van der Waals surface area contributed by atoms with Crippen molar-refractivity contribution in [1.29, 1.82) is 0 Å². The Hall–Kier alpha value is -2.08. The zero-order chi connectivity index (χ0) is 19.8. The molecule has 0 spiro atoms. The Morgan fingerprint density at radius 2 is 1.82 bits per heavy atom. The number of nitrogens with one attached hydrogen (secondary N) is 1. The van der Waals surface area contributed by atoms with Gasteiger partial charge in [0.05, 0.1) is 19.1 Å². The highest BCUT2D eigenvalue weighted by atomic mass is 16.5. The molecule has 0 unspecified atom stereocenters. The lowest BCUT2D eigenvalue weighted by molar-refractivity contribution is -0.139. The van der Waals surface area contributed by atoms with Crippen LogP contribution in [0.25, 0.3) is 0 Å². The van der Waals surface area contributed by atoms with E-state index in [0.29, 0.717) is 19.7 Å². The van der Waals surface area contributed by atoms with Crippen LogP contribution in [0.15, 0.2) is 24.3 Å². The summed E-state index contributed by atoms with van der Waals surface area (Å²) < 4.78 is 5.74. The Bertz CT molecular complexity index is 656. The number of amides is 2. The first kappa shape index (κ1) is 20.6. The number of hydrogen-bond donors (Lipinski definition) is 1. The van der Waals surface area contributed by atoms with E-state index in [-0.39, 0.29) is 18.2 Å². The van der Waals surface area contributed by atoms with Gasteiger partial charge in [-0.1, -0.05) is 37.5 Å². The molecule has 2 saturated heterocycles. The van der Waals surface area contributed by atoms with E-state index >= 15 is 0 Å². The van der Waals surface area contributed by atoms with Gasteiger partial charge in [0, 0.05) is 38.3 Å². The molecule has 2 aliphatic rings. The number of nitrogens with zero attached hydrogens (tertiary/aromatic N) is 2. The van der Waals surface area contributed by atoms with Crippen LogP contribution in [0, 0.1) is 0 Å². The normalized spacial score (nSPS) is 21.5. The van der Waals surface area contributed by atoms with Crippen molar-refractivity contribution in [2.75, 3.05) is 32.8 Å². The molecule has 2 heterocycles. The predicted molar refractivity (Wildman–Crippen MR) is 109 cm³/mol. The van der Waals surface area contributed by atoms with Crippen molar-refractivity contribution in [3.05, 3.63) is 29.8 Å². The molecule has 0 aliphatic carbocycles. The number of benzene rings is 1. The molecule has 1 N–H and O–H groups in total. The van der Waals surface area contributed by atoms with Crippen LogP contribution in [0.5, 0.6) is 5.75 Å². The van der Waals surface area contributed by atoms with Crippen LogP contribution in [0.1, 0.15) is 51.0 Å². The molecule has 2 aliphatic heterocycles. The van der Waals surface area contributed by atoms with E-state index in [1.807, 2.05) is 36.1 Å². The molecular weight excluding hydrogens is 354 g/mol. The van der Waals surface area contributed by atoms with Gasteiger partial charge in [-0.25, -0.2) is 0 Å². The molecule has 1 aromatic carbocycles. The summed E-state index contributed by atoms with van der Waals surface area (Å²) in [6, 6.07) is 7.53. The largest absolute Gasteiger partial charge is 0.494 e. The average Bonchev–Trinajstić information content (AvgIpc) is 2.66. The lowest BCUT2D eigenvalue weighted by atomic mass is 10.0. The molecule has 0 radical (unpaired) electrons. The van der Waals surface area contributed by atoms with Crippen molar-refractivity contribution < 1.29 is 14.3 Å². The van der Waals surface area contributed by atoms with Gasteiger partial charge < -0.3 is 15.0 Å². The zero-order valence-corrected chi connectivity index (χ0v) is 17.0. The standard InChI is InChI=1S/C22H33N3O3/c1-2-28-20-11-7-6-10-18(20)17-25-15-12-23-22(27)19(25)16-21(26)24-13-8-4-3-5-9-14-24/h6-7,10-11,19H,2-5,8-9,12-17H2,1H3,(H,23,27)/t19-/m0/s1. The van der Waals surface area contributed by atoms with Gasteiger partial charge in [0.1, 0.15) is 5.75 Å². The smallest absolute Gasteiger partial charge is 0.237 e. The van der Waals surface area contributed by atoms with Crippen molar-refractivity contribution in [2.45, 2.75) is 58.0 Å². The maximum Gasteiger partial charge on any atom is 0.237 e. The van der Waals surface area contributed by atoms with Crippen molar-refractivity contribution in [3.8, 4) is 5.75 Å². The van der Waals surface area contributed by atoms with Crippen LogP contribution < -0.4 is 10.1 Å². The van der Waals surface area contributed by atoms with Gasteiger partial charge in [0.2, 0.25) is 11.8 Å². The monoisotopic (exact) mass is 387 g/mol. The van der Waals surface area contributed by atoms with Crippen LogP contribution in [-0.2, 0) is 16.1 Å². The van der Waals surface area contributed by atoms with Gasteiger partial charge in [-0.2, -0.15) is 0 Å². The molecule has 0 aromatic heterocycles. The first-order chi connectivity index (χ1) is 13.7. The highest BCUT2D eigenvalue weighted by molar-refractivity contribution is 5.88. The number of para-hydroxylation sites is 1. The maximum absolute atomic E-state index is 12.9. The van der Waals surface area contributed by atoms with E-state index in [9.17, 15) is 9.59 Å². The number of piperazine rings is 1. The van der Waals surface area contributed by atoms with Gasteiger partial charge >= 0.3 is 0 Å². The number of ether oxygens (including phenoxy) is 1. The summed E-state index contributed by atoms with van der Waals surface area (Å²) in [4.78, 5) is 29.6. The zero-order valence-electron chi connectivity index (χ0n) is 17.0. The van der Waals surface area contributed by atoms with E-state index in [1.165, 1.54) is 19.3 Å². The van der Waals surface area contributed by atoms with Crippen LogP contribution in [0.2, 0.25) is 0 Å². The van der Waals surface area contributed by atoms with E-state index in [2.05, 4.69) is 10.2 Å². The quantitative estimate of drug-likeness (QED) is 0.815. The summed E-state index contributed by atoms with van der Waals surface area (Å²) in [7, 11) is 0. The van der Waals surface area contributed by atoms with Gasteiger partial charge in [-0.15, -0.1) is 0 Å². The Balaban J connectivity index is 1.68. The molecule has 0 saturated carbocycles. The third-order valence-corrected chi connectivity index (χ3v) is 5.66. The van der Waals surface area contributed by atoms with Crippen LogP contribution in [0.4, 0.5) is 0 Å². The summed E-state index contributed by atoms with van der Waals surface area (Å²) in [5, 5.41) is 2.94. The fourth-order valence-corrected chi connectivity index (χ4v) is 4.11. The second-order valence-electron chi connectivity index (χ2n) is 7.67. The SMILES string of the molecule is CCOc1ccccc1CN1CCNC(=O)[C@@H]1CC(=O)N1CCCCCCC1. The van der Waals surface area contributed by atoms with Gasteiger partial charge in [0.25, 0.3) is 0 Å². The predicted octanol–water partition coefficient (Wildman–Crippen LogP) is 2.57. The Labute approximate surface area is 168 Å². The number of likely N-dealkylation sites (tertiary alicyclic amines) is 1. The van der Waals surface area contributed by atoms with Crippen molar-refractivity contribution in [3.63, 3.8) is 0 Å². The summed E-state index contributed by atoms with van der Waals surface area (Å²) in [6.07, 6.45) is 6.02. The minimum Gasteiger partial charge on any atom is -0.494 e. The minimum atomic E-state index is -0.415. The van der Waals surface area contributed by atoms with Crippen LogP contribution in [0.3, 0.4) is 0 Å². The molecule has 6 nitrogen and oxygen atoms in total. The number of carbonyl (C=O) groups is 2. The molecule has 0 bridgehead atoms. The molecular formula is C22H33N3O3. The first-order valence-electron chi connectivity index (χ1n) is 10.7. The Morgan fingerprint density at radius 1 is 1.11 bits per heavy atom. The maximum atomic E-state index is 12.9. The summed E-state index contributed by atoms with van der Waals surface area (Å²) in [5.74, 6) is 0.914. The van der Waals surface area contributed by atoms with Crippen molar-refractivity contribution >= 4 is 11.8 Å². The summed E-state index contributed by atoms with van der Waals surface area (Å²) >= 11 is 0. The van der Waals surface area contributed by atoms with Crippen LogP contribution in [-0.4, -0.2) is 60.4 Å². The number of carbonyl (C=O) groups excluding carboxylic acids is 2. The lowest BCUT2D eigenvalue weighted by Crippen LogP contribution is -2.56. The second-order valence-corrected chi connectivity index (χ2v) is 7.67. The third-order valence-electron chi connectivity index (χ3n) is 5.66. The second kappa shape index (κ2) is 10.5. The molecule has 3 rings (SSSR count). The first-order valence-corrected chi connectivity index (χ1v) is 10.7. The minimum absolute atomic E-state index is 0.0412. The topological polar surface area (TPSA) is 61.9 Å². The van der Waals surface area contributed by atoms with Crippen LogP contribution >= 0.6 is 0 Å². The lowest BCUT2D eigenvalue weighted by Gasteiger charge is -2.36. The number of hydrogen-bond acceptors (Lipinski definition) is 4. The molecule has 2 fully saturated rings. The average molecular weight is 388 g/mol. The fourth-order valence-electron chi connectivity index (χ4n) is 4.11. The van der Waals surface area contributed by atoms with Gasteiger partial charge in [0.15, 0.2) is 0 Å². The van der Waals surface area contributed by atoms with Gasteiger partial charge in [-0.3, -0.25) is 14.5 Å². The van der Waals surface area contributed by atoms with E-state index in [0.717, 1.165) is 43.8 Å².